The minimum atomic E-state index is 0.00734. The average molecular weight is 220 g/mol. The van der Waals surface area contributed by atoms with Crippen LogP contribution in [0.25, 0.3) is 4.85 Å². The summed E-state index contributed by atoms with van der Waals surface area (Å²) in [6, 6.07) is 7.49. The van der Waals surface area contributed by atoms with Crippen molar-refractivity contribution in [3.05, 3.63) is 41.2 Å². The van der Waals surface area contributed by atoms with Gasteiger partial charge in [0.25, 0.3) is 5.24 Å². The molecule has 1 rings (SSSR count). The molecule has 1 aromatic rings. The van der Waals surface area contributed by atoms with E-state index in [0.29, 0.717) is 6.54 Å². The van der Waals surface area contributed by atoms with E-state index in [4.69, 9.17) is 6.57 Å². The van der Waals surface area contributed by atoms with Crippen LogP contribution in [0.4, 0.5) is 4.79 Å². The number of nitrogens with zero attached hydrogens (tertiary/aromatic N) is 2. The molecule has 0 radical (unpaired) electrons. The minimum absolute atomic E-state index is 0.00734. The maximum atomic E-state index is 11.4. The molecule has 0 saturated heterocycles. The number of carbonyl (C=O) groups is 1. The second-order valence-electron chi connectivity index (χ2n) is 3.22. The molecule has 0 aliphatic carbocycles. The summed E-state index contributed by atoms with van der Waals surface area (Å²) in [7, 11) is 3.45. The van der Waals surface area contributed by atoms with Crippen LogP contribution in [-0.2, 0) is 6.54 Å². The van der Waals surface area contributed by atoms with E-state index in [-0.39, 0.29) is 5.24 Å². The molecular formula is C11H12N2OS. The predicted molar refractivity (Wildman–Crippen MR) is 61.7 cm³/mol. The van der Waals surface area contributed by atoms with Gasteiger partial charge < -0.3 is 9.74 Å². The minimum Gasteiger partial charge on any atom is -0.339 e. The monoisotopic (exact) mass is 220 g/mol. The molecule has 0 aliphatic rings. The summed E-state index contributed by atoms with van der Waals surface area (Å²) < 4.78 is 0. The van der Waals surface area contributed by atoms with Gasteiger partial charge in [0.15, 0.2) is 0 Å². The van der Waals surface area contributed by atoms with E-state index in [2.05, 4.69) is 4.85 Å². The number of benzene rings is 1. The highest BCUT2D eigenvalue weighted by molar-refractivity contribution is 8.13. The maximum Gasteiger partial charge on any atom is 0.285 e. The Bertz CT molecular complexity index is 379. The second kappa shape index (κ2) is 5.42. The van der Waals surface area contributed by atoms with E-state index >= 15 is 0 Å². The van der Waals surface area contributed by atoms with Crippen molar-refractivity contribution in [3.63, 3.8) is 0 Å². The zero-order valence-corrected chi connectivity index (χ0v) is 9.54. The molecule has 1 aromatic carbocycles. The van der Waals surface area contributed by atoms with Crippen molar-refractivity contribution in [2.75, 3.05) is 14.1 Å². The number of carbonyl (C=O) groups excluding carboxylic acids is 1. The van der Waals surface area contributed by atoms with Crippen molar-refractivity contribution >= 4 is 17.0 Å². The van der Waals surface area contributed by atoms with Crippen LogP contribution in [0.3, 0.4) is 0 Å². The molecule has 1 amide bonds. The van der Waals surface area contributed by atoms with E-state index in [1.807, 2.05) is 24.3 Å². The third-order valence-corrected chi connectivity index (χ3v) is 2.80. The molecular weight excluding hydrogens is 208 g/mol. The van der Waals surface area contributed by atoms with Crippen molar-refractivity contribution in [2.45, 2.75) is 11.4 Å². The van der Waals surface area contributed by atoms with E-state index in [1.54, 1.807) is 14.1 Å². The largest absolute Gasteiger partial charge is 0.339 e. The van der Waals surface area contributed by atoms with Gasteiger partial charge >= 0.3 is 0 Å². The zero-order valence-electron chi connectivity index (χ0n) is 8.73. The first-order chi connectivity index (χ1) is 7.13. The van der Waals surface area contributed by atoms with Crippen LogP contribution in [0, 0.1) is 6.57 Å². The fourth-order valence-corrected chi connectivity index (χ4v) is 1.60. The van der Waals surface area contributed by atoms with Gasteiger partial charge in [-0.2, -0.15) is 0 Å². The zero-order chi connectivity index (χ0) is 11.3. The lowest BCUT2D eigenvalue weighted by Gasteiger charge is -2.08. The van der Waals surface area contributed by atoms with Gasteiger partial charge in [0.1, 0.15) is 0 Å². The Morgan fingerprint density at radius 1 is 1.40 bits per heavy atom. The molecule has 0 saturated carbocycles. The smallest absolute Gasteiger partial charge is 0.285 e. The first-order valence-corrected chi connectivity index (χ1v) is 5.26. The van der Waals surface area contributed by atoms with Gasteiger partial charge in [0.2, 0.25) is 6.54 Å². The molecule has 0 spiro atoms. The van der Waals surface area contributed by atoms with E-state index in [9.17, 15) is 4.79 Å². The van der Waals surface area contributed by atoms with Crippen LogP contribution in [0.15, 0.2) is 29.2 Å². The molecule has 0 heterocycles. The van der Waals surface area contributed by atoms with E-state index in [0.717, 1.165) is 10.5 Å². The van der Waals surface area contributed by atoms with Gasteiger partial charge in [-0.25, -0.2) is 6.57 Å². The number of thioether (sulfide) groups is 1. The van der Waals surface area contributed by atoms with Crippen LogP contribution in [0.5, 0.6) is 0 Å². The standard InChI is InChI=1S/C11H12N2OS/c1-12-8-9-4-6-10(7-5-9)15-11(14)13(2)3/h4-7H,8H2,2-3H3. The molecule has 0 bridgehead atoms. The molecule has 3 nitrogen and oxygen atoms in total. The third-order valence-electron chi connectivity index (χ3n) is 1.76. The molecule has 78 valence electrons. The molecule has 0 unspecified atom stereocenters. The van der Waals surface area contributed by atoms with Crippen molar-refractivity contribution < 1.29 is 4.79 Å². The van der Waals surface area contributed by atoms with Gasteiger partial charge in [-0.3, -0.25) is 4.79 Å². The number of rotatable bonds is 2. The van der Waals surface area contributed by atoms with Crippen LogP contribution < -0.4 is 0 Å². The Labute approximate surface area is 93.9 Å². The summed E-state index contributed by atoms with van der Waals surface area (Å²) >= 11 is 1.19. The summed E-state index contributed by atoms with van der Waals surface area (Å²) in [5.74, 6) is 0. The molecule has 0 fully saturated rings. The lowest BCUT2D eigenvalue weighted by Crippen LogP contribution is -2.15. The van der Waals surface area contributed by atoms with Crippen LogP contribution in [-0.4, -0.2) is 24.2 Å². The van der Waals surface area contributed by atoms with Crippen LogP contribution in [0.2, 0.25) is 0 Å². The highest BCUT2D eigenvalue weighted by Crippen LogP contribution is 2.20. The molecule has 4 heteroatoms. The summed E-state index contributed by atoms with van der Waals surface area (Å²) in [5, 5.41) is 0.00734. The Balaban J connectivity index is 2.65. The number of amides is 1. The number of hydrogen-bond acceptors (Lipinski definition) is 2. The van der Waals surface area contributed by atoms with Crippen molar-refractivity contribution in [1.29, 1.82) is 0 Å². The van der Waals surface area contributed by atoms with Crippen molar-refractivity contribution in [1.82, 2.24) is 4.90 Å². The third kappa shape index (κ3) is 3.64. The predicted octanol–water partition coefficient (Wildman–Crippen LogP) is 2.88. The van der Waals surface area contributed by atoms with Gasteiger partial charge in [0, 0.05) is 24.6 Å². The summed E-state index contributed by atoms with van der Waals surface area (Å²) in [6.45, 7) is 7.12. The molecule has 0 aliphatic heterocycles. The van der Waals surface area contributed by atoms with Crippen molar-refractivity contribution in [2.24, 2.45) is 0 Å². The van der Waals surface area contributed by atoms with E-state index < -0.39 is 0 Å². The Hall–Kier alpha value is -1.47. The van der Waals surface area contributed by atoms with Gasteiger partial charge in [-0.15, -0.1) is 0 Å². The highest BCUT2D eigenvalue weighted by Gasteiger charge is 2.06. The van der Waals surface area contributed by atoms with Gasteiger partial charge in [-0.05, 0) is 23.9 Å². The normalized spacial score (nSPS) is 9.40. The fourth-order valence-electron chi connectivity index (χ4n) is 0.946. The highest BCUT2D eigenvalue weighted by atomic mass is 32.2. The topological polar surface area (TPSA) is 24.7 Å². The Morgan fingerprint density at radius 3 is 2.47 bits per heavy atom. The van der Waals surface area contributed by atoms with Gasteiger partial charge in [0.05, 0.1) is 0 Å². The molecule has 0 N–H and O–H groups in total. The summed E-state index contributed by atoms with van der Waals surface area (Å²) in [5.41, 5.74) is 0.978. The maximum absolute atomic E-state index is 11.4. The second-order valence-corrected chi connectivity index (χ2v) is 4.25. The summed E-state index contributed by atoms with van der Waals surface area (Å²) in [6.07, 6.45) is 0. The number of hydrogen-bond donors (Lipinski definition) is 0. The lowest BCUT2D eigenvalue weighted by molar-refractivity contribution is 0.241. The quantitative estimate of drug-likeness (QED) is 0.565. The molecule has 15 heavy (non-hydrogen) atoms. The SMILES string of the molecule is [C-]#[N+]Cc1ccc(SC(=O)N(C)C)cc1. The Kier molecular flexibility index (Phi) is 4.19. The lowest BCUT2D eigenvalue weighted by atomic mass is 10.2. The Morgan fingerprint density at radius 2 is 2.00 bits per heavy atom. The average Bonchev–Trinajstić information content (AvgIpc) is 2.21. The first-order valence-electron chi connectivity index (χ1n) is 4.45. The molecule has 0 aromatic heterocycles. The first kappa shape index (κ1) is 11.6. The van der Waals surface area contributed by atoms with Crippen LogP contribution in [0.1, 0.15) is 5.56 Å². The van der Waals surface area contributed by atoms with Crippen molar-refractivity contribution in [3.8, 4) is 0 Å². The fraction of sp³-hybridized carbons (Fsp3) is 0.273. The molecule has 0 atom stereocenters. The summed E-state index contributed by atoms with van der Waals surface area (Å²) in [4.78, 5) is 17.1. The van der Waals surface area contributed by atoms with E-state index in [1.165, 1.54) is 16.7 Å². The van der Waals surface area contributed by atoms with Crippen LogP contribution >= 0.6 is 11.8 Å². The van der Waals surface area contributed by atoms with Gasteiger partial charge in [-0.1, -0.05) is 12.1 Å².